The van der Waals surface area contributed by atoms with Crippen molar-refractivity contribution in [1.29, 1.82) is 0 Å². The standard InChI is InChI=1S/C19H18N2O6/c1-4-25-18(24)21-17-15(26-11(2)22)16(23)19(3,27-17)13-9-10-20-14-8-6-5-7-12(13)14/h5-10H,4H2,1-3H3,(H,21,24). The van der Waals surface area contributed by atoms with Crippen LogP contribution in [0.25, 0.3) is 10.9 Å². The number of pyridine rings is 1. The number of para-hydroxylation sites is 1. The number of nitrogens with one attached hydrogen (secondary N) is 1. The average molecular weight is 370 g/mol. The van der Waals surface area contributed by atoms with Gasteiger partial charge in [0.05, 0.1) is 12.1 Å². The number of Topliss-reactive ketones (excluding diaryl/α,β-unsaturated/α-hetero) is 1. The Morgan fingerprint density at radius 2 is 2.00 bits per heavy atom. The molecule has 1 aliphatic rings. The van der Waals surface area contributed by atoms with Gasteiger partial charge >= 0.3 is 12.1 Å². The third kappa shape index (κ3) is 3.33. The highest BCUT2D eigenvalue weighted by Gasteiger charge is 2.50. The van der Waals surface area contributed by atoms with Crippen molar-refractivity contribution in [1.82, 2.24) is 10.3 Å². The van der Waals surface area contributed by atoms with Crippen LogP contribution in [0.2, 0.25) is 0 Å². The van der Waals surface area contributed by atoms with Crippen LogP contribution in [0.1, 0.15) is 26.3 Å². The Morgan fingerprint density at radius 1 is 1.26 bits per heavy atom. The Labute approximate surface area is 155 Å². The van der Waals surface area contributed by atoms with Crippen molar-refractivity contribution in [3.8, 4) is 0 Å². The summed E-state index contributed by atoms with van der Waals surface area (Å²) in [6.45, 7) is 4.46. The van der Waals surface area contributed by atoms with Crippen molar-refractivity contribution in [2.24, 2.45) is 0 Å². The fourth-order valence-corrected chi connectivity index (χ4v) is 2.88. The summed E-state index contributed by atoms with van der Waals surface area (Å²) < 4.78 is 15.6. The number of ether oxygens (including phenoxy) is 3. The second-order valence-electron chi connectivity index (χ2n) is 5.94. The molecular formula is C19H18N2O6. The van der Waals surface area contributed by atoms with Crippen LogP contribution in [0, 0.1) is 0 Å². The molecule has 0 bridgehead atoms. The summed E-state index contributed by atoms with van der Waals surface area (Å²) in [5.74, 6) is -1.95. The number of fused-ring (bicyclic) bond motifs is 1. The van der Waals surface area contributed by atoms with Crippen LogP contribution in [0.15, 0.2) is 48.2 Å². The van der Waals surface area contributed by atoms with Gasteiger partial charge in [-0.05, 0) is 26.0 Å². The molecule has 1 unspecified atom stereocenters. The van der Waals surface area contributed by atoms with E-state index in [-0.39, 0.29) is 18.2 Å². The van der Waals surface area contributed by atoms with E-state index >= 15 is 0 Å². The van der Waals surface area contributed by atoms with Crippen LogP contribution in [-0.2, 0) is 29.4 Å². The third-order valence-corrected chi connectivity index (χ3v) is 4.05. The van der Waals surface area contributed by atoms with E-state index < -0.39 is 23.4 Å². The summed E-state index contributed by atoms with van der Waals surface area (Å²) in [5.41, 5.74) is -0.306. The monoisotopic (exact) mass is 370 g/mol. The topological polar surface area (TPSA) is 104 Å². The van der Waals surface area contributed by atoms with Crippen LogP contribution in [0.3, 0.4) is 0 Å². The Bertz CT molecular complexity index is 962. The average Bonchev–Trinajstić information content (AvgIpc) is 2.86. The molecule has 2 aromatic rings. The lowest BCUT2D eigenvalue weighted by Gasteiger charge is -2.24. The first-order valence-electron chi connectivity index (χ1n) is 8.31. The zero-order chi connectivity index (χ0) is 19.6. The first kappa shape index (κ1) is 18.4. The molecule has 3 rings (SSSR count). The maximum atomic E-state index is 13.1. The van der Waals surface area contributed by atoms with E-state index in [9.17, 15) is 14.4 Å². The van der Waals surface area contributed by atoms with Gasteiger partial charge in [0.1, 0.15) is 0 Å². The fourth-order valence-electron chi connectivity index (χ4n) is 2.88. The molecule has 27 heavy (non-hydrogen) atoms. The Kier molecular flexibility index (Phi) is 4.81. The Morgan fingerprint density at radius 3 is 2.70 bits per heavy atom. The summed E-state index contributed by atoms with van der Waals surface area (Å²) in [6, 6.07) is 8.91. The lowest BCUT2D eigenvalue weighted by Crippen LogP contribution is -2.33. The van der Waals surface area contributed by atoms with Crippen molar-refractivity contribution in [2.75, 3.05) is 6.61 Å². The van der Waals surface area contributed by atoms with Gasteiger partial charge in [0.2, 0.25) is 11.6 Å². The van der Waals surface area contributed by atoms with Crippen molar-refractivity contribution in [2.45, 2.75) is 26.4 Å². The Hall–Kier alpha value is -3.42. The van der Waals surface area contributed by atoms with Crippen molar-refractivity contribution in [3.63, 3.8) is 0 Å². The van der Waals surface area contributed by atoms with Crippen LogP contribution < -0.4 is 5.32 Å². The van der Waals surface area contributed by atoms with E-state index in [4.69, 9.17) is 14.2 Å². The summed E-state index contributed by atoms with van der Waals surface area (Å²) in [7, 11) is 0. The number of benzene rings is 1. The molecule has 1 aromatic heterocycles. The van der Waals surface area contributed by atoms with Crippen molar-refractivity contribution < 1.29 is 28.6 Å². The van der Waals surface area contributed by atoms with E-state index in [0.29, 0.717) is 16.5 Å². The number of rotatable bonds is 4. The molecule has 2 heterocycles. The maximum Gasteiger partial charge on any atom is 0.414 e. The Balaban J connectivity index is 2.06. The van der Waals surface area contributed by atoms with Crippen molar-refractivity contribution in [3.05, 3.63) is 53.7 Å². The number of carbonyl (C=O) groups excluding carboxylic acids is 3. The number of esters is 1. The number of ketones is 1. The molecule has 1 amide bonds. The fraction of sp³-hybridized carbons (Fsp3) is 0.263. The zero-order valence-electron chi connectivity index (χ0n) is 15.1. The molecule has 8 nitrogen and oxygen atoms in total. The number of nitrogens with zero attached hydrogens (tertiary/aromatic N) is 1. The van der Waals surface area contributed by atoms with Crippen LogP contribution in [0.5, 0.6) is 0 Å². The van der Waals surface area contributed by atoms with Gasteiger partial charge in [-0.1, -0.05) is 18.2 Å². The minimum atomic E-state index is -1.51. The lowest BCUT2D eigenvalue weighted by molar-refractivity contribution is -0.142. The molecule has 0 spiro atoms. The van der Waals surface area contributed by atoms with Gasteiger partial charge in [0.15, 0.2) is 5.60 Å². The summed E-state index contributed by atoms with van der Waals surface area (Å²) in [4.78, 5) is 40.6. The van der Waals surface area contributed by atoms with Gasteiger partial charge in [-0.2, -0.15) is 0 Å². The number of carbonyl (C=O) groups is 3. The van der Waals surface area contributed by atoms with E-state index in [2.05, 4.69) is 10.3 Å². The SMILES string of the molecule is CCOC(=O)NC1=C(OC(C)=O)C(=O)C(C)(c2ccnc3ccccc23)O1. The molecule has 0 saturated heterocycles. The van der Waals surface area contributed by atoms with Gasteiger partial charge in [0, 0.05) is 24.1 Å². The van der Waals surface area contributed by atoms with E-state index in [0.717, 1.165) is 6.92 Å². The van der Waals surface area contributed by atoms with Gasteiger partial charge in [-0.3, -0.25) is 19.9 Å². The molecular weight excluding hydrogens is 352 g/mol. The van der Waals surface area contributed by atoms with E-state index in [1.165, 1.54) is 0 Å². The number of amides is 1. The minimum absolute atomic E-state index is 0.127. The molecule has 1 atom stereocenters. The molecule has 140 valence electrons. The minimum Gasteiger partial charge on any atom is -0.456 e. The second kappa shape index (κ2) is 7.06. The summed E-state index contributed by atoms with van der Waals surface area (Å²) >= 11 is 0. The number of hydrogen-bond acceptors (Lipinski definition) is 7. The molecule has 0 aliphatic carbocycles. The highest BCUT2D eigenvalue weighted by atomic mass is 16.6. The molecule has 8 heteroatoms. The lowest BCUT2D eigenvalue weighted by atomic mass is 9.89. The predicted octanol–water partition coefficient (Wildman–Crippen LogP) is 2.53. The number of aromatic nitrogens is 1. The molecule has 0 radical (unpaired) electrons. The predicted molar refractivity (Wildman–Crippen MR) is 94.1 cm³/mol. The quantitative estimate of drug-likeness (QED) is 0.825. The van der Waals surface area contributed by atoms with Gasteiger partial charge in [0.25, 0.3) is 5.78 Å². The van der Waals surface area contributed by atoms with E-state index in [1.807, 2.05) is 18.2 Å². The maximum absolute atomic E-state index is 13.1. The zero-order valence-corrected chi connectivity index (χ0v) is 15.1. The number of hydrogen-bond donors (Lipinski definition) is 1. The van der Waals surface area contributed by atoms with Crippen molar-refractivity contribution >= 4 is 28.7 Å². The van der Waals surface area contributed by atoms with Gasteiger partial charge in [-0.15, -0.1) is 0 Å². The van der Waals surface area contributed by atoms with Crippen LogP contribution >= 0.6 is 0 Å². The second-order valence-corrected chi connectivity index (χ2v) is 5.94. The molecule has 1 aliphatic heterocycles. The highest BCUT2D eigenvalue weighted by Crippen LogP contribution is 2.40. The van der Waals surface area contributed by atoms with Gasteiger partial charge < -0.3 is 14.2 Å². The molecule has 0 saturated carbocycles. The summed E-state index contributed by atoms with van der Waals surface area (Å²) in [5, 5.41) is 3.03. The first-order valence-corrected chi connectivity index (χ1v) is 8.31. The first-order chi connectivity index (χ1) is 12.9. The third-order valence-electron chi connectivity index (χ3n) is 4.05. The molecule has 1 aromatic carbocycles. The van der Waals surface area contributed by atoms with E-state index in [1.54, 1.807) is 32.2 Å². The van der Waals surface area contributed by atoms with Crippen LogP contribution in [0.4, 0.5) is 4.79 Å². The van der Waals surface area contributed by atoms with Gasteiger partial charge in [-0.25, -0.2) is 4.79 Å². The largest absolute Gasteiger partial charge is 0.456 e. The molecule has 1 N–H and O–H groups in total. The van der Waals surface area contributed by atoms with Crippen LogP contribution in [-0.4, -0.2) is 29.4 Å². The summed E-state index contributed by atoms with van der Waals surface area (Å²) in [6.07, 6.45) is 0.732. The smallest absolute Gasteiger partial charge is 0.414 e. The molecule has 0 fully saturated rings. The highest BCUT2D eigenvalue weighted by molar-refractivity contribution is 6.06. The number of alkyl carbamates (subject to hydrolysis) is 1. The normalized spacial score (nSPS) is 19.0.